The van der Waals surface area contributed by atoms with Crippen molar-refractivity contribution < 1.29 is 0 Å². The average molecular weight is 440 g/mol. The normalized spacial score (nSPS) is 13.7. The summed E-state index contributed by atoms with van der Waals surface area (Å²) >= 11 is 1.55. The van der Waals surface area contributed by atoms with E-state index in [1.165, 1.54) is 23.1 Å². The monoisotopic (exact) mass is 439 g/mol. The molecule has 0 spiro atoms. The number of benzene rings is 2. The molecule has 3 aromatic heterocycles. The van der Waals surface area contributed by atoms with Crippen LogP contribution in [0.2, 0.25) is 0 Å². The molecule has 6 nitrogen and oxygen atoms in total. The van der Waals surface area contributed by atoms with Gasteiger partial charge in [-0.3, -0.25) is 4.79 Å². The molecule has 32 heavy (non-hydrogen) atoms. The Bertz CT molecular complexity index is 1520. The summed E-state index contributed by atoms with van der Waals surface area (Å²) in [6.07, 6.45) is 2.50. The Hall–Kier alpha value is -3.58. The fraction of sp³-hybridized carbons (Fsp3) is 0.200. The molecule has 5 aromatic rings. The van der Waals surface area contributed by atoms with Crippen LogP contribution < -0.4 is 10.9 Å². The van der Waals surface area contributed by atoms with Gasteiger partial charge < -0.3 is 5.32 Å². The van der Waals surface area contributed by atoms with Crippen molar-refractivity contribution in [1.82, 2.24) is 19.7 Å². The first-order chi connectivity index (χ1) is 15.7. The second-order valence-electron chi connectivity index (χ2n) is 8.09. The van der Waals surface area contributed by atoms with E-state index in [2.05, 4.69) is 27.5 Å². The van der Waals surface area contributed by atoms with Gasteiger partial charge in [-0.15, -0.1) is 11.3 Å². The lowest BCUT2D eigenvalue weighted by Crippen LogP contribution is -2.23. The van der Waals surface area contributed by atoms with Crippen LogP contribution in [0.4, 0.5) is 5.82 Å². The molecule has 1 fully saturated rings. The summed E-state index contributed by atoms with van der Waals surface area (Å²) in [6, 6.07) is 18.0. The molecule has 1 N–H and O–H groups in total. The van der Waals surface area contributed by atoms with Crippen molar-refractivity contribution in [2.24, 2.45) is 0 Å². The van der Waals surface area contributed by atoms with Gasteiger partial charge in [-0.25, -0.2) is 9.97 Å². The number of aromatic nitrogens is 4. The van der Waals surface area contributed by atoms with Crippen LogP contribution in [-0.2, 0) is 0 Å². The maximum atomic E-state index is 13.8. The van der Waals surface area contributed by atoms with E-state index in [9.17, 15) is 4.79 Å². The summed E-state index contributed by atoms with van der Waals surface area (Å²) in [5, 5.41) is 7.92. The van der Waals surface area contributed by atoms with E-state index < -0.39 is 0 Å². The van der Waals surface area contributed by atoms with Gasteiger partial charge in [-0.2, -0.15) is 9.78 Å². The number of fused-ring (bicyclic) bond motifs is 2. The zero-order valence-electron chi connectivity index (χ0n) is 17.6. The SMILES string of the molecule is CCNc1ccc2nn(-c3ccc4ncsc4c3)c(=O)c(-c3ccc(C4CC4)cc3)c2n1. The summed E-state index contributed by atoms with van der Waals surface area (Å²) in [5.74, 6) is 1.40. The predicted octanol–water partition coefficient (Wildman–Crippen LogP) is 5.37. The molecule has 0 radical (unpaired) electrons. The summed E-state index contributed by atoms with van der Waals surface area (Å²) in [5.41, 5.74) is 7.33. The number of nitrogens with zero attached hydrogens (tertiary/aromatic N) is 4. The average Bonchev–Trinajstić information content (AvgIpc) is 3.56. The molecule has 0 bridgehead atoms. The number of anilines is 1. The van der Waals surface area contributed by atoms with Crippen LogP contribution in [0.25, 0.3) is 38.1 Å². The molecule has 0 aliphatic heterocycles. The topological polar surface area (TPSA) is 72.7 Å². The van der Waals surface area contributed by atoms with Crippen molar-refractivity contribution in [2.75, 3.05) is 11.9 Å². The standard InChI is InChI=1S/C25H21N5OS/c1-2-26-22-12-11-20-24(28-22)23(17-7-5-16(6-8-17)15-3-4-15)25(31)30(29-20)18-9-10-19-21(13-18)32-14-27-19/h5-15H,2-4H2,1H3,(H,26,28). The maximum Gasteiger partial charge on any atom is 0.281 e. The molecule has 0 amide bonds. The minimum absolute atomic E-state index is 0.179. The molecule has 0 saturated heterocycles. The van der Waals surface area contributed by atoms with E-state index >= 15 is 0 Å². The largest absolute Gasteiger partial charge is 0.370 e. The fourth-order valence-electron chi connectivity index (χ4n) is 4.11. The van der Waals surface area contributed by atoms with E-state index in [-0.39, 0.29) is 5.56 Å². The highest BCUT2D eigenvalue weighted by Crippen LogP contribution is 2.40. The lowest BCUT2D eigenvalue weighted by atomic mass is 10.0. The predicted molar refractivity (Wildman–Crippen MR) is 130 cm³/mol. The number of rotatable bonds is 5. The van der Waals surface area contributed by atoms with E-state index in [0.29, 0.717) is 22.5 Å². The number of pyridine rings is 1. The third-order valence-electron chi connectivity index (χ3n) is 5.89. The van der Waals surface area contributed by atoms with Gasteiger partial charge in [0, 0.05) is 6.54 Å². The summed E-state index contributed by atoms with van der Waals surface area (Å²) < 4.78 is 2.51. The van der Waals surface area contributed by atoms with Crippen LogP contribution in [0.15, 0.2) is 64.9 Å². The molecule has 1 saturated carbocycles. The van der Waals surface area contributed by atoms with Crippen molar-refractivity contribution in [3.63, 3.8) is 0 Å². The van der Waals surface area contributed by atoms with Gasteiger partial charge in [0.1, 0.15) is 16.9 Å². The zero-order chi connectivity index (χ0) is 21.7. The quantitative estimate of drug-likeness (QED) is 0.399. The lowest BCUT2D eigenvalue weighted by molar-refractivity contribution is 0.833. The molecular formula is C25H21N5OS. The maximum absolute atomic E-state index is 13.8. The smallest absolute Gasteiger partial charge is 0.281 e. The van der Waals surface area contributed by atoms with Crippen LogP contribution in [0.1, 0.15) is 31.2 Å². The number of hydrogen-bond donors (Lipinski definition) is 1. The Morgan fingerprint density at radius 2 is 1.88 bits per heavy atom. The first kappa shape index (κ1) is 19.1. The van der Waals surface area contributed by atoms with Gasteiger partial charge in [-0.05, 0) is 67.1 Å². The molecule has 1 aliphatic carbocycles. The third kappa shape index (κ3) is 3.26. The number of hydrogen-bond acceptors (Lipinski definition) is 6. The molecule has 7 heteroatoms. The van der Waals surface area contributed by atoms with Gasteiger partial charge in [0.2, 0.25) is 0 Å². The van der Waals surface area contributed by atoms with Gasteiger partial charge >= 0.3 is 0 Å². The molecule has 3 heterocycles. The minimum atomic E-state index is -0.179. The van der Waals surface area contributed by atoms with E-state index in [4.69, 9.17) is 4.98 Å². The van der Waals surface area contributed by atoms with Crippen molar-refractivity contribution in [1.29, 1.82) is 0 Å². The van der Waals surface area contributed by atoms with Crippen LogP contribution >= 0.6 is 11.3 Å². The van der Waals surface area contributed by atoms with E-state index in [1.54, 1.807) is 11.3 Å². The van der Waals surface area contributed by atoms with E-state index in [0.717, 1.165) is 33.8 Å². The second-order valence-corrected chi connectivity index (χ2v) is 8.97. The Balaban J connectivity index is 1.60. The zero-order valence-corrected chi connectivity index (χ0v) is 18.4. The summed E-state index contributed by atoms with van der Waals surface area (Å²) in [7, 11) is 0. The number of nitrogens with one attached hydrogen (secondary N) is 1. The van der Waals surface area contributed by atoms with Crippen molar-refractivity contribution in [3.05, 3.63) is 76.0 Å². The summed E-state index contributed by atoms with van der Waals surface area (Å²) in [6.45, 7) is 2.78. The lowest BCUT2D eigenvalue weighted by Gasteiger charge is -2.12. The van der Waals surface area contributed by atoms with E-state index in [1.807, 2.05) is 54.9 Å². The molecule has 1 aliphatic rings. The first-order valence-corrected chi connectivity index (χ1v) is 11.7. The van der Waals surface area contributed by atoms with Crippen LogP contribution in [0.5, 0.6) is 0 Å². The van der Waals surface area contributed by atoms with Crippen LogP contribution in [0, 0.1) is 0 Å². The highest BCUT2D eigenvalue weighted by atomic mass is 32.1. The molecule has 0 atom stereocenters. The van der Waals surface area contributed by atoms with Gasteiger partial charge in [0.15, 0.2) is 0 Å². The summed E-state index contributed by atoms with van der Waals surface area (Å²) in [4.78, 5) is 22.9. The Morgan fingerprint density at radius 3 is 2.66 bits per heavy atom. The Kier molecular flexibility index (Phi) is 4.50. The highest BCUT2D eigenvalue weighted by molar-refractivity contribution is 7.16. The van der Waals surface area contributed by atoms with Crippen molar-refractivity contribution >= 4 is 38.4 Å². The molecular weight excluding hydrogens is 418 g/mol. The molecule has 6 rings (SSSR count). The molecule has 158 valence electrons. The van der Waals surface area contributed by atoms with Gasteiger partial charge in [-0.1, -0.05) is 24.3 Å². The van der Waals surface area contributed by atoms with Crippen LogP contribution in [-0.4, -0.2) is 26.3 Å². The first-order valence-electron chi connectivity index (χ1n) is 10.8. The van der Waals surface area contributed by atoms with Crippen molar-refractivity contribution in [3.8, 4) is 16.8 Å². The van der Waals surface area contributed by atoms with Gasteiger partial charge in [0.05, 0.1) is 27.0 Å². The second kappa shape index (κ2) is 7.53. The molecule has 0 unspecified atom stereocenters. The minimum Gasteiger partial charge on any atom is -0.370 e. The van der Waals surface area contributed by atoms with Gasteiger partial charge in [0.25, 0.3) is 5.56 Å². The Morgan fingerprint density at radius 1 is 1.06 bits per heavy atom. The van der Waals surface area contributed by atoms with Crippen LogP contribution in [0.3, 0.4) is 0 Å². The third-order valence-corrected chi connectivity index (χ3v) is 6.68. The number of thiazole rings is 1. The highest BCUT2D eigenvalue weighted by Gasteiger charge is 2.24. The Labute approximate surface area is 188 Å². The fourth-order valence-corrected chi connectivity index (χ4v) is 4.82. The van der Waals surface area contributed by atoms with Crippen molar-refractivity contribution in [2.45, 2.75) is 25.7 Å². The molecule has 2 aromatic carbocycles.